The Hall–Kier alpha value is -1.70. The van der Waals surface area contributed by atoms with E-state index < -0.39 is 0 Å². The molecule has 28 heavy (non-hydrogen) atoms. The monoisotopic (exact) mass is 381 g/mol. The Labute approximate surface area is 170 Å². The van der Waals surface area contributed by atoms with Crippen molar-refractivity contribution < 1.29 is 4.39 Å². The van der Waals surface area contributed by atoms with Gasteiger partial charge >= 0.3 is 0 Å². The van der Waals surface area contributed by atoms with E-state index in [1.165, 1.54) is 63.4 Å². The fraction of sp³-hybridized carbons (Fsp3) is 0.577. The van der Waals surface area contributed by atoms with E-state index in [4.69, 9.17) is 0 Å². The normalized spacial score (nSPS) is 19.7. The second-order valence-corrected chi connectivity index (χ2v) is 8.61. The Morgan fingerprint density at radius 2 is 1.75 bits per heavy atom. The number of hydrogen-bond donors (Lipinski definition) is 0. The van der Waals surface area contributed by atoms with Gasteiger partial charge in [-0.15, -0.1) is 0 Å². The number of unbranched alkanes of at least 4 members (excludes halogenated alkanes) is 3. The lowest BCUT2D eigenvalue weighted by atomic mass is 9.77. The number of halogens is 1. The molecule has 0 spiro atoms. The highest BCUT2D eigenvalue weighted by Crippen LogP contribution is 2.38. The van der Waals surface area contributed by atoms with Crippen molar-refractivity contribution in [1.29, 1.82) is 0 Å². The van der Waals surface area contributed by atoms with Gasteiger partial charge in [0.05, 0.1) is 5.69 Å². The molecule has 152 valence electrons. The molecule has 0 saturated heterocycles. The SMILES string of the molecule is CCCCCCC1CCC(c2ccc(-c3ccc(CCC)cc3F)nc2)CC1. The number of rotatable bonds is 9. The van der Waals surface area contributed by atoms with Crippen LogP contribution in [-0.2, 0) is 6.42 Å². The highest BCUT2D eigenvalue weighted by atomic mass is 19.1. The summed E-state index contributed by atoms with van der Waals surface area (Å²) in [5.74, 6) is 1.40. The summed E-state index contributed by atoms with van der Waals surface area (Å²) < 4.78 is 14.5. The second-order valence-electron chi connectivity index (χ2n) is 8.61. The van der Waals surface area contributed by atoms with E-state index in [9.17, 15) is 4.39 Å². The van der Waals surface area contributed by atoms with Crippen LogP contribution in [-0.4, -0.2) is 4.98 Å². The van der Waals surface area contributed by atoms with E-state index >= 15 is 0 Å². The van der Waals surface area contributed by atoms with Gasteiger partial charge < -0.3 is 0 Å². The lowest BCUT2D eigenvalue weighted by Crippen LogP contribution is -2.13. The number of hydrogen-bond acceptors (Lipinski definition) is 1. The molecule has 0 amide bonds. The van der Waals surface area contributed by atoms with Gasteiger partial charge in [-0.25, -0.2) is 4.39 Å². The average Bonchev–Trinajstić information content (AvgIpc) is 2.72. The summed E-state index contributed by atoms with van der Waals surface area (Å²) in [4.78, 5) is 4.61. The quantitative estimate of drug-likeness (QED) is 0.400. The predicted octanol–water partition coefficient (Wildman–Crippen LogP) is 8.08. The fourth-order valence-corrected chi connectivity index (χ4v) is 4.66. The molecule has 0 unspecified atom stereocenters. The molecule has 1 aromatic carbocycles. The molecule has 3 rings (SSSR count). The predicted molar refractivity (Wildman–Crippen MR) is 117 cm³/mol. The third kappa shape index (κ3) is 5.65. The third-order valence-electron chi connectivity index (χ3n) is 6.42. The first-order valence-electron chi connectivity index (χ1n) is 11.5. The first-order chi connectivity index (χ1) is 13.7. The van der Waals surface area contributed by atoms with Gasteiger partial charge in [0.25, 0.3) is 0 Å². The topological polar surface area (TPSA) is 12.9 Å². The molecule has 0 bridgehead atoms. The lowest BCUT2D eigenvalue weighted by molar-refractivity contribution is 0.302. The van der Waals surface area contributed by atoms with Crippen molar-refractivity contribution in [3.8, 4) is 11.3 Å². The molecule has 1 nitrogen and oxygen atoms in total. The molecule has 1 heterocycles. The highest BCUT2D eigenvalue weighted by molar-refractivity contribution is 5.60. The summed E-state index contributed by atoms with van der Waals surface area (Å²) in [6.45, 7) is 4.40. The van der Waals surface area contributed by atoms with Gasteiger partial charge in [-0.1, -0.05) is 64.5 Å². The summed E-state index contributed by atoms with van der Waals surface area (Å²) in [6.07, 6.45) is 16.1. The van der Waals surface area contributed by atoms with E-state index in [0.717, 1.165) is 30.0 Å². The summed E-state index contributed by atoms with van der Waals surface area (Å²) in [5.41, 5.74) is 3.75. The van der Waals surface area contributed by atoms with Gasteiger partial charge in [-0.3, -0.25) is 4.98 Å². The molecule has 0 N–H and O–H groups in total. The van der Waals surface area contributed by atoms with Crippen LogP contribution in [0.5, 0.6) is 0 Å². The molecule has 2 heteroatoms. The van der Waals surface area contributed by atoms with Crippen LogP contribution in [0, 0.1) is 11.7 Å². The number of benzene rings is 1. The highest BCUT2D eigenvalue weighted by Gasteiger charge is 2.22. The minimum Gasteiger partial charge on any atom is -0.256 e. The van der Waals surface area contributed by atoms with E-state index in [1.807, 2.05) is 24.4 Å². The molecule has 2 aromatic rings. The summed E-state index contributed by atoms with van der Waals surface area (Å²) >= 11 is 0. The average molecular weight is 382 g/mol. The van der Waals surface area contributed by atoms with Crippen molar-refractivity contribution in [2.75, 3.05) is 0 Å². The number of aromatic nitrogens is 1. The van der Waals surface area contributed by atoms with Crippen molar-refractivity contribution in [1.82, 2.24) is 4.98 Å². The van der Waals surface area contributed by atoms with Crippen molar-refractivity contribution in [3.05, 3.63) is 53.5 Å². The third-order valence-corrected chi connectivity index (χ3v) is 6.42. The Balaban J connectivity index is 1.55. The van der Waals surface area contributed by atoms with Gasteiger partial charge in [0.1, 0.15) is 5.82 Å². The van der Waals surface area contributed by atoms with Crippen molar-refractivity contribution in [3.63, 3.8) is 0 Å². The molecule has 0 aliphatic heterocycles. The summed E-state index contributed by atoms with van der Waals surface area (Å²) in [7, 11) is 0. The maximum atomic E-state index is 14.5. The zero-order valence-corrected chi connectivity index (χ0v) is 17.7. The van der Waals surface area contributed by atoms with Crippen LogP contribution in [0.25, 0.3) is 11.3 Å². The smallest absolute Gasteiger partial charge is 0.132 e. The summed E-state index contributed by atoms with van der Waals surface area (Å²) in [5, 5.41) is 0. The Morgan fingerprint density at radius 3 is 2.39 bits per heavy atom. The Morgan fingerprint density at radius 1 is 0.929 bits per heavy atom. The lowest BCUT2D eigenvalue weighted by Gasteiger charge is -2.28. The van der Waals surface area contributed by atoms with Crippen molar-refractivity contribution >= 4 is 0 Å². The van der Waals surface area contributed by atoms with E-state index in [1.54, 1.807) is 6.07 Å². The van der Waals surface area contributed by atoms with E-state index in [-0.39, 0.29) is 5.82 Å². The second kappa shape index (κ2) is 10.7. The number of pyridine rings is 1. The first-order valence-corrected chi connectivity index (χ1v) is 11.5. The molecule has 1 aliphatic rings. The van der Waals surface area contributed by atoms with Crippen LogP contribution in [0.15, 0.2) is 36.5 Å². The number of aryl methyl sites for hydroxylation is 1. The summed E-state index contributed by atoms with van der Waals surface area (Å²) in [6, 6.07) is 9.75. The molecule has 1 fully saturated rings. The first kappa shape index (κ1) is 21.0. The molecular weight excluding hydrogens is 345 g/mol. The zero-order chi connectivity index (χ0) is 19.8. The largest absolute Gasteiger partial charge is 0.256 e. The molecular formula is C26H36FN. The van der Waals surface area contributed by atoms with Crippen LogP contribution in [0.3, 0.4) is 0 Å². The van der Waals surface area contributed by atoms with Gasteiger partial charge in [-0.05, 0) is 73.3 Å². The minimum absolute atomic E-state index is 0.158. The Kier molecular flexibility index (Phi) is 8.06. The molecule has 0 atom stereocenters. The van der Waals surface area contributed by atoms with Crippen LogP contribution in [0.2, 0.25) is 0 Å². The maximum Gasteiger partial charge on any atom is 0.132 e. The van der Waals surface area contributed by atoms with Crippen molar-refractivity contribution in [2.45, 2.75) is 90.4 Å². The van der Waals surface area contributed by atoms with E-state index in [0.29, 0.717) is 11.5 Å². The minimum atomic E-state index is -0.158. The Bertz CT molecular complexity index is 714. The van der Waals surface area contributed by atoms with Crippen molar-refractivity contribution in [2.24, 2.45) is 5.92 Å². The maximum absolute atomic E-state index is 14.5. The van der Waals surface area contributed by atoms with Crippen LogP contribution in [0.4, 0.5) is 4.39 Å². The van der Waals surface area contributed by atoms with E-state index in [2.05, 4.69) is 24.9 Å². The van der Waals surface area contributed by atoms with Gasteiger partial charge in [0, 0.05) is 11.8 Å². The molecule has 1 saturated carbocycles. The zero-order valence-electron chi connectivity index (χ0n) is 17.7. The molecule has 0 radical (unpaired) electrons. The molecule has 1 aromatic heterocycles. The van der Waals surface area contributed by atoms with Gasteiger partial charge in [0.15, 0.2) is 0 Å². The van der Waals surface area contributed by atoms with Crippen LogP contribution in [0.1, 0.15) is 95.1 Å². The molecule has 1 aliphatic carbocycles. The van der Waals surface area contributed by atoms with Gasteiger partial charge in [-0.2, -0.15) is 0 Å². The van der Waals surface area contributed by atoms with Gasteiger partial charge in [0.2, 0.25) is 0 Å². The van der Waals surface area contributed by atoms with Crippen LogP contribution < -0.4 is 0 Å². The van der Waals surface area contributed by atoms with Crippen LogP contribution >= 0.6 is 0 Å². The fourth-order valence-electron chi connectivity index (χ4n) is 4.66. The standard InChI is InChI=1S/C26H36FN/c1-3-5-6-7-9-20-10-13-22(14-11-20)23-15-17-26(28-19-23)24-16-12-21(8-4-2)18-25(24)27/h12,15-20,22H,3-11,13-14H2,1-2H3. The number of nitrogens with zero attached hydrogens (tertiary/aromatic N) is 1.